The standard InChI is InChI=1S/C13H12N4O2S/c18-12(15-8-10-4-1-2-6-14-10)13(19)17-16-9-11-5-3-7-20-11/h1-7,9H,8H2,(H,15,18)(H,17,19). The molecule has 0 radical (unpaired) electrons. The summed E-state index contributed by atoms with van der Waals surface area (Å²) in [7, 11) is 0. The molecule has 20 heavy (non-hydrogen) atoms. The number of aromatic nitrogens is 1. The number of hydrogen-bond acceptors (Lipinski definition) is 5. The third-order valence-electron chi connectivity index (χ3n) is 2.26. The number of nitrogens with zero attached hydrogens (tertiary/aromatic N) is 2. The molecule has 6 nitrogen and oxygen atoms in total. The van der Waals surface area contributed by atoms with Gasteiger partial charge in [0.1, 0.15) is 0 Å². The van der Waals surface area contributed by atoms with Crippen molar-refractivity contribution in [3.05, 3.63) is 52.5 Å². The highest BCUT2D eigenvalue weighted by atomic mass is 32.1. The second kappa shape index (κ2) is 7.15. The molecule has 0 bridgehead atoms. The molecular weight excluding hydrogens is 276 g/mol. The summed E-state index contributed by atoms with van der Waals surface area (Å²) in [6.45, 7) is 0.196. The number of carbonyl (C=O) groups excluding carboxylic acids is 2. The van der Waals surface area contributed by atoms with E-state index in [-0.39, 0.29) is 6.54 Å². The molecule has 2 heterocycles. The minimum absolute atomic E-state index is 0.196. The number of hydrazone groups is 1. The van der Waals surface area contributed by atoms with E-state index in [9.17, 15) is 9.59 Å². The van der Waals surface area contributed by atoms with Gasteiger partial charge in [-0.05, 0) is 23.6 Å². The van der Waals surface area contributed by atoms with E-state index >= 15 is 0 Å². The molecule has 2 rings (SSSR count). The van der Waals surface area contributed by atoms with E-state index in [0.29, 0.717) is 5.69 Å². The highest BCUT2D eigenvalue weighted by Crippen LogP contribution is 2.03. The smallest absolute Gasteiger partial charge is 0.329 e. The first-order valence-electron chi connectivity index (χ1n) is 5.80. The monoisotopic (exact) mass is 288 g/mol. The van der Waals surface area contributed by atoms with Crippen LogP contribution in [0.3, 0.4) is 0 Å². The van der Waals surface area contributed by atoms with Gasteiger partial charge in [-0.25, -0.2) is 5.43 Å². The first-order valence-corrected chi connectivity index (χ1v) is 6.68. The highest BCUT2D eigenvalue weighted by Gasteiger charge is 2.11. The summed E-state index contributed by atoms with van der Waals surface area (Å²) in [5, 5.41) is 8.05. The van der Waals surface area contributed by atoms with Crippen molar-refractivity contribution in [1.29, 1.82) is 0 Å². The van der Waals surface area contributed by atoms with E-state index in [1.807, 2.05) is 17.5 Å². The van der Waals surface area contributed by atoms with Gasteiger partial charge in [-0.1, -0.05) is 12.1 Å². The Morgan fingerprint density at radius 2 is 2.15 bits per heavy atom. The van der Waals surface area contributed by atoms with Gasteiger partial charge in [0, 0.05) is 11.1 Å². The maximum absolute atomic E-state index is 11.5. The van der Waals surface area contributed by atoms with Gasteiger partial charge in [0.05, 0.1) is 18.5 Å². The van der Waals surface area contributed by atoms with Gasteiger partial charge < -0.3 is 5.32 Å². The van der Waals surface area contributed by atoms with Crippen molar-refractivity contribution in [2.24, 2.45) is 5.10 Å². The number of rotatable bonds is 4. The first-order chi connectivity index (χ1) is 9.75. The fraction of sp³-hybridized carbons (Fsp3) is 0.0769. The second-order valence-electron chi connectivity index (χ2n) is 3.72. The van der Waals surface area contributed by atoms with Gasteiger partial charge in [-0.2, -0.15) is 5.10 Å². The number of pyridine rings is 1. The molecule has 0 aromatic carbocycles. The van der Waals surface area contributed by atoms with Gasteiger partial charge in [0.25, 0.3) is 0 Å². The Morgan fingerprint density at radius 3 is 2.85 bits per heavy atom. The molecule has 0 unspecified atom stereocenters. The van der Waals surface area contributed by atoms with Crippen molar-refractivity contribution >= 4 is 29.4 Å². The van der Waals surface area contributed by atoms with Crippen LogP contribution in [0.5, 0.6) is 0 Å². The lowest BCUT2D eigenvalue weighted by Gasteiger charge is -2.02. The van der Waals surface area contributed by atoms with Crippen molar-refractivity contribution in [2.75, 3.05) is 0 Å². The number of thiophene rings is 1. The zero-order chi connectivity index (χ0) is 14.2. The number of hydrogen-bond donors (Lipinski definition) is 2. The fourth-order valence-corrected chi connectivity index (χ4v) is 1.91. The molecule has 2 aromatic heterocycles. The largest absolute Gasteiger partial charge is 0.342 e. The van der Waals surface area contributed by atoms with E-state index in [0.717, 1.165) is 4.88 Å². The number of amides is 2. The lowest BCUT2D eigenvalue weighted by atomic mass is 10.3. The minimum Gasteiger partial charge on any atom is -0.342 e. The summed E-state index contributed by atoms with van der Waals surface area (Å²) in [5.74, 6) is -1.56. The van der Waals surface area contributed by atoms with Gasteiger partial charge in [-0.15, -0.1) is 11.3 Å². The minimum atomic E-state index is -0.811. The molecular formula is C13H12N4O2S. The summed E-state index contributed by atoms with van der Waals surface area (Å²) >= 11 is 1.48. The van der Waals surface area contributed by atoms with Crippen molar-refractivity contribution < 1.29 is 9.59 Å². The van der Waals surface area contributed by atoms with Gasteiger partial charge in [-0.3, -0.25) is 14.6 Å². The molecule has 2 N–H and O–H groups in total. The average Bonchev–Trinajstić information content (AvgIpc) is 2.99. The van der Waals surface area contributed by atoms with Crippen LogP contribution in [0.15, 0.2) is 47.0 Å². The van der Waals surface area contributed by atoms with Crippen LogP contribution >= 0.6 is 11.3 Å². The van der Waals surface area contributed by atoms with E-state index in [1.165, 1.54) is 17.6 Å². The van der Waals surface area contributed by atoms with Crippen LogP contribution in [0, 0.1) is 0 Å². The van der Waals surface area contributed by atoms with Crippen molar-refractivity contribution in [3.8, 4) is 0 Å². The number of nitrogens with one attached hydrogen (secondary N) is 2. The van der Waals surface area contributed by atoms with Crippen LogP contribution in [0.25, 0.3) is 0 Å². The SMILES string of the molecule is O=C(NCc1ccccn1)C(=O)NN=Cc1cccs1. The van der Waals surface area contributed by atoms with Crippen LogP contribution in [-0.2, 0) is 16.1 Å². The lowest BCUT2D eigenvalue weighted by Crippen LogP contribution is -2.37. The molecule has 0 aliphatic heterocycles. The molecule has 0 aliphatic carbocycles. The van der Waals surface area contributed by atoms with Crippen LogP contribution in [0.1, 0.15) is 10.6 Å². The summed E-state index contributed by atoms with van der Waals surface area (Å²) in [5.41, 5.74) is 2.84. The van der Waals surface area contributed by atoms with E-state index in [1.54, 1.807) is 24.4 Å². The summed E-state index contributed by atoms with van der Waals surface area (Å²) in [6, 6.07) is 9.05. The van der Waals surface area contributed by atoms with Crippen molar-refractivity contribution in [2.45, 2.75) is 6.54 Å². The Bertz CT molecular complexity index is 596. The maximum atomic E-state index is 11.5. The number of carbonyl (C=O) groups is 2. The maximum Gasteiger partial charge on any atom is 0.329 e. The zero-order valence-electron chi connectivity index (χ0n) is 10.4. The molecule has 0 atom stereocenters. The molecule has 0 fully saturated rings. The highest BCUT2D eigenvalue weighted by molar-refractivity contribution is 7.11. The normalized spacial score (nSPS) is 10.4. The lowest BCUT2D eigenvalue weighted by molar-refractivity contribution is -0.139. The van der Waals surface area contributed by atoms with Crippen LogP contribution in [-0.4, -0.2) is 23.0 Å². The Hall–Kier alpha value is -2.54. The van der Waals surface area contributed by atoms with E-state index in [4.69, 9.17) is 0 Å². The average molecular weight is 288 g/mol. The first kappa shape index (κ1) is 13.9. The molecule has 0 spiro atoms. The van der Waals surface area contributed by atoms with Crippen LogP contribution < -0.4 is 10.7 Å². The Balaban J connectivity index is 1.76. The topological polar surface area (TPSA) is 83.5 Å². The molecule has 2 aromatic rings. The summed E-state index contributed by atoms with van der Waals surface area (Å²) < 4.78 is 0. The molecule has 2 amide bonds. The zero-order valence-corrected chi connectivity index (χ0v) is 11.3. The van der Waals surface area contributed by atoms with Crippen LogP contribution in [0.2, 0.25) is 0 Å². The second-order valence-corrected chi connectivity index (χ2v) is 4.70. The van der Waals surface area contributed by atoms with Crippen LogP contribution in [0.4, 0.5) is 0 Å². The third-order valence-corrected chi connectivity index (χ3v) is 3.07. The Labute approximate surface area is 119 Å². The van der Waals surface area contributed by atoms with Gasteiger partial charge in [0.2, 0.25) is 0 Å². The summed E-state index contributed by atoms with van der Waals surface area (Å²) in [6.07, 6.45) is 3.10. The van der Waals surface area contributed by atoms with Crippen molar-refractivity contribution in [3.63, 3.8) is 0 Å². The predicted molar refractivity (Wildman–Crippen MR) is 76.1 cm³/mol. The molecule has 0 saturated carbocycles. The van der Waals surface area contributed by atoms with Gasteiger partial charge >= 0.3 is 11.8 Å². The van der Waals surface area contributed by atoms with Gasteiger partial charge in [0.15, 0.2) is 0 Å². The third kappa shape index (κ3) is 4.29. The molecule has 0 saturated heterocycles. The summed E-state index contributed by atoms with van der Waals surface area (Å²) in [4.78, 5) is 27.8. The fourth-order valence-electron chi connectivity index (χ4n) is 1.32. The Kier molecular flexibility index (Phi) is 4.96. The molecule has 0 aliphatic rings. The Morgan fingerprint density at radius 1 is 1.25 bits per heavy atom. The quantitative estimate of drug-likeness (QED) is 0.498. The van der Waals surface area contributed by atoms with Crippen molar-refractivity contribution in [1.82, 2.24) is 15.7 Å². The predicted octanol–water partition coefficient (Wildman–Crippen LogP) is 0.910. The molecule has 102 valence electrons. The molecule has 7 heteroatoms. The van der Waals surface area contributed by atoms with E-state index in [2.05, 4.69) is 20.8 Å². The van der Waals surface area contributed by atoms with E-state index < -0.39 is 11.8 Å².